The van der Waals surface area contributed by atoms with E-state index in [1.807, 2.05) is 12.1 Å². The minimum absolute atomic E-state index is 0.393. The zero-order valence-electron chi connectivity index (χ0n) is 7.59. The number of Topliss-reactive ketones (excluding diaryl/α,β-unsaturated/α-hetero) is 1. The van der Waals surface area contributed by atoms with Gasteiger partial charge in [0.25, 0.3) is 0 Å². The van der Waals surface area contributed by atoms with Crippen LogP contribution in [0, 0.1) is 0 Å². The van der Waals surface area contributed by atoms with Crippen molar-refractivity contribution in [3.63, 3.8) is 0 Å². The maximum atomic E-state index is 11.2. The summed E-state index contributed by atoms with van der Waals surface area (Å²) >= 11 is 6.96. The lowest BCUT2D eigenvalue weighted by Gasteiger charge is -2.10. The molecule has 0 amide bonds. The van der Waals surface area contributed by atoms with Crippen LogP contribution in [0.5, 0.6) is 0 Å². The first-order valence-corrected chi connectivity index (χ1v) is 6.22. The van der Waals surface area contributed by atoms with Crippen LogP contribution in [0.25, 0.3) is 0 Å². The number of ketones is 1. The number of hydrogen-bond acceptors (Lipinski definition) is 1. The Hall–Kier alpha value is -0.150. The summed E-state index contributed by atoms with van der Waals surface area (Å²) in [6, 6.07) is 6.17. The average molecular weight is 318 g/mol. The predicted octanol–water partition coefficient (Wildman–Crippen LogP) is 4.05. The highest BCUT2D eigenvalue weighted by atomic mass is 79.9. The van der Waals surface area contributed by atoms with Crippen molar-refractivity contribution in [1.29, 1.82) is 0 Å². The van der Waals surface area contributed by atoms with Crippen molar-refractivity contribution in [3.05, 3.63) is 32.7 Å². The second-order valence-electron chi connectivity index (χ2n) is 3.64. The van der Waals surface area contributed by atoms with Crippen molar-refractivity contribution < 1.29 is 4.79 Å². The average Bonchev–Trinajstić information content (AvgIpc) is 2.51. The summed E-state index contributed by atoms with van der Waals surface area (Å²) in [6.45, 7) is 0. The Balaban J connectivity index is 2.28. The molecule has 1 nitrogen and oxygen atoms in total. The van der Waals surface area contributed by atoms with Crippen molar-refractivity contribution in [1.82, 2.24) is 0 Å². The standard InChI is InChI=1S/C11H10Br2O/c12-8-2-4-10(11(13)6-8)7-1-3-9(14)5-7/h2,4,6-7H,1,3,5H2. The molecule has 2 rings (SSSR count). The molecule has 0 spiro atoms. The van der Waals surface area contributed by atoms with Crippen LogP contribution < -0.4 is 0 Å². The van der Waals surface area contributed by atoms with E-state index in [0.717, 1.165) is 21.8 Å². The van der Waals surface area contributed by atoms with Crippen molar-refractivity contribution in [2.45, 2.75) is 25.2 Å². The van der Waals surface area contributed by atoms with Gasteiger partial charge >= 0.3 is 0 Å². The van der Waals surface area contributed by atoms with Crippen molar-refractivity contribution in [2.24, 2.45) is 0 Å². The first kappa shape index (κ1) is 10.4. The summed E-state index contributed by atoms with van der Waals surface area (Å²) in [5.74, 6) is 0.815. The number of benzene rings is 1. The molecule has 0 N–H and O–H groups in total. The Morgan fingerprint density at radius 3 is 2.64 bits per heavy atom. The fourth-order valence-corrected chi connectivity index (χ4v) is 3.28. The van der Waals surface area contributed by atoms with Crippen LogP contribution in [0.15, 0.2) is 27.1 Å². The van der Waals surface area contributed by atoms with E-state index >= 15 is 0 Å². The fraction of sp³-hybridized carbons (Fsp3) is 0.364. The van der Waals surface area contributed by atoms with Gasteiger partial charge < -0.3 is 0 Å². The van der Waals surface area contributed by atoms with E-state index in [-0.39, 0.29) is 0 Å². The smallest absolute Gasteiger partial charge is 0.133 e. The number of carbonyl (C=O) groups is 1. The van der Waals surface area contributed by atoms with Gasteiger partial charge in [0.15, 0.2) is 0 Å². The Morgan fingerprint density at radius 2 is 2.07 bits per heavy atom. The van der Waals surface area contributed by atoms with Gasteiger partial charge in [-0.25, -0.2) is 0 Å². The number of halogens is 2. The van der Waals surface area contributed by atoms with Gasteiger partial charge in [-0.1, -0.05) is 37.9 Å². The summed E-state index contributed by atoms with van der Waals surface area (Å²) in [6.07, 6.45) is 2.45. The van der Waals surface area contributed by atoms with Crippen LogP contribution in [-0.4, -0.2) is 5.78 Å². The molecule has 1 aromatic carbocycles. The highest BCUT2D eigenvalue weighted by molar-refractivity contribution is 9.11. The molecule has 1 aliphatic rings. The molecule has 1 aromatic rings. The first-order chi connectivity index (χ1) is 6.66. The van der Waals surface area contributed by atoms with Gasteiger partial charge in [-0.3, -0.25) is 4.79 Å². The summed E-state index contributed by atoms with van der Waals surface area (Å²) in [5.41, 5.74) is 1.26. The van der Waals surface area contributed by atoms with E-state index in [9.17, 15) is 4.79 Å². The second-order valence-corrected chi connectivity index (χ2v) is 5.41. The number of rotatable bonds is 1. The van der Waals surface area contributed by atoms with E-state index in [0.29, 0.717) is 18.1 Å². The Labute approximate surface area is 100 Å². The van der Waals surface area contributed by atoms with E-state index in [4.69, 9.17) is 0 Å². The molecule has 1 aliphatic carbocycles. The van der Waals surface area contributed by atoms with Crippen LogP contribution in [0.2, 0.25) is 0 Å². The van der Waals surface area contributed by atoms with Gasteiger partial charge in [0.05, 0.1) is 0 Å². The minimum atomic E-state index is 0.393. The molecule has 0 saturated heterocycles. The van der Waals surface area contributed by atoms with E-state index in [1.54, 1.807) is 0 Å². The molecule has 0 radical (unpaired) electrons. The van der Waals surface area contributed by atoms with Gasteiger partial charge in [0.2, 0.25) is 0 Å². The first-order valence-electron chi connectivity index (χ1n) is 4.63. The minimum Gasteiger partial charge on any atom is -0.300 e. The largest absolute Gasteiger partial charge is 0.300 e. The lowest BCUT2D eigenvalue weighted by Crippen LogP contribution is -1.95. The van der Waals surface area contributed by atoms with Crippen molar-refractivity contribution in [2.75, 3.05) is 0 Å². The van der Waals surface area contributed by atoms with Gasteiger partial charge in [-0.2, -0.15) is 0 Å². The van der Waals surface area contributed by atoms with E-state index in [2.05, 4.69) is 37.9 Å². The molecule has 0 aromatic heterocycles. The molecule has 1 unspecified atom stereocenters. The maximum Gasteiger partial charge on any atom is 0.133 e. The van der Waals surface area contributed by atoms with Gasteiger partial charge in [-0.05, 0) is 30.0 Å². The summed E-state index contributed by atoms with van der Waals surface area (Å²) in [5, 5.41) is 0. The highest BCUT2D eigenvalue weighted by Gasteiger charge is 2.24. The second kappa shape index (κ2) is 4.15. The van der Waals surface area contributed by atoms with Gasteiger partial charge in [-0.15, -0.1) is 0 Å². The fourth-order valence-electron chi connectivity index (χ4n) is 1.91. The number of hydrogen-bond donors (Lipinski definition) is 0. The molecular weight excluding hydrogens is 308 g/mol. The van der Waals surface area contributed by atoms with Crippen molar-refractivity contribution in [3.8, 4) is 0 Å². The molecular formula is C11H10Br2O. The third-order valence-corrected chi connectivity index (χ3v) is 3.83. The molecule has 74 valence electrons. The molecule has 0 heterocycles. The number of carbonyl (C=O) groups excluding carboxylic acids is 1. The zero-order valence-corrected chi connectivity index (χ0v) is 10.8. The van der Waals surface area contributed by atoms with E-state index in [1.165, 1.54) is 5.56 Å². The maximum absolute atomic E-state index is 11.2. The quantitative estimate of drug-likeness (QED) is 0.763. The molecule has 1 saturated carbocycles. The lowest BCUT2D eigenvalue weighted by molar-refractivity contribution is -0.117. The summed E-state index contributed by atoms with van der Waals surface area (Å²) in [4.78, 5) is 11.2. The normalized spacial score (nSPS) is 21.6. The SMILES string of the molecule is O=C1CCC(c2ccc(Br)cc2Br)C1. The van der Waals surface area contributed by atoms with Crippen molar-refractivity contribution >= 4 is 37.6 Å². The van der Waals surface area contributed by atoms with E-state index < -0.39 is 0 Å². The molecule has 0 aliphatic heterocycles. The molecule has 1 fully saturated rings. The van der Waals surface area contributed by atoms with Gasteiger partial charge in [0.1, 0.15) is 5.78 Å². The molecule has 0 bridgehead atoms. The van der Waals surface area contributed by atoms with Crippen LogP contribution in [0.3, 0.4) is 0 Å². The topological polar surface area (TPSA) is 17.1 Å². The zero-order chi connectivity index (χ0) is 10.1. The lowest BCUT2D eigenvalue weighted by atomic mass is 9.98. The van der Waals surface area contributed by atoms with Crippen LogP contribution in [0.1, 0.15) is 30.7 Å². The summed E-state index contributed by atoms with van der Waals surface area (Å²) < 4.78 is 2.17. The molecule has 3 heteroatoms. The molecule has 14 heavy (non-hydrogen) atoms. The summed E-state index contributed by atoms with van der Waals surface area (Å²) in [7, 11) is 0. The van der Waals surface area contributed by atoms with Crippen LogP contribution >= 0.6 is 31.9 Å². The van der Waals surface area contributed by atoms with Crippen LogP contribution in [0.4, 0.5) is 0 Å². The highest BCUT2D eigenvalue weighted by Crippen LogP contribution is 2.36. The Kier molecular flexibility index (Phi) is 3.07. The Morgan fingerprint density at radius 1 is 1.29 bits per heavy atom. The monoisotopic (exact) mass is 316 g/mol. The third-order valence-electron chi connectivity index (χ3n) is 2.65. The van der Waals surface area contributed by atoms with Gasteiger partial charge in [0, 0.05) is 21.8 Å². The van der Waals surface area contributed by atoms with Crippen LogP contribution in [-0.2, 0) is 4.79 Å². The Bertz CT molecular complexity index is 374. The molecule has 1 atom stereocenters. The third kappa shape index (κ3) is 2.09. The predicted molar refractivity (Wildman–Crippen MR) is 63.4 cm³/mol.